The summed E-state index contributed by atoms with van der Waals surface area (Å²) in [4.78, 5) is 23.7. The molecule has 0 fully saturated rings. The lowest BCUT2D eigenvalue weighted by molar-refractivity contribution is -0.139. The number of carboxylic acid groups (broad SMARTS) is 1. The van der Waals surface area contributed by atoms with Crippen molar-refractivity contribution in [2.24, 2.45) is 7.05 Å². The average Bonchev–Trinajstić information content (AvgIpc) is 2.63. The Morgan fingerprint density at radius 3 is 2.54 bits per heavy atom. The van der Waals surface area contributed by atoms with Crippen molar-refractivity contribution >= 4 is 28.5 Å². The summed E-state index contributed by atoms with van der Waals surface area (Å²) in [5, 5.41) is 10.3. The first-order valence-corrected chi connectivity index (χ1v) is 8.46. The molecule has 26 heavy (non-hydrogen) atoms. The van der Waals surface area contributed by atoms with Gasteiger partial charge in [0.25, 0.3) is 5.56 Å². The first-order valence-electron chi connectivity index (χ1n) is 8.08. The molecule has 0 radical (unpaired) electrons. The van der Waals surface area contributed by atoms with Gasteiger partial charge in [0.1, 0.15) is 5.75 Å². The second kappa shape index (κ2) is 7.22. The normalized spacial score (nSPS) is 10.9. The minimum Gasteiger partial charge on any atom is -0.481 e. The van der Waals surface area contributed by atoms with Crippen LogP contribution in [-0.4, -0.2) is 22.2 Å². The van der Waals surface area contributed by atoms with Crippen molar-refractivity contribution in [3.63, 3.8) is 0 Å². The van der Waals surface area contributed by atoms with Gasteiger partial charge in [0.2, 0.25) is 0 Å². The van der Waals surface area contributed by atoms with Gasteiger partial charge in [-0.15, -0.1) is 0 Å². The van der Waals surface area contributed by atoms with Crippen molar-refractivity contribution < 1.29 is 14.6 Å². The summed E-state index contributed by atoms with van der Waals surface area (Å²) in [6.45, 7) is 1.43. The smallest absolute Gasteiger partial charge is 0.341 e. The zero-order valence-electron chi connectivity index (χ0n) is 14.5. The standard InChI is InChI=1S/C20H18ClNO4/c1-12-15(10-13-6-8-14(21)9-7-13)20(25)22(2)16-4-3-5-17(19(12)16)26-11-18(23)24/h3-9H,10-11H2,1-2H3,(H,23,24). The number of nitrogens with zero attached hydrogens (tertiary/aromatic N) is 1. The van der Waals surface area contributed by atoms with E-state index in [9.17, 15) is 9.59 Å². The Kier molecular flexibility index (Phi) is 5.00. The van der Waals surface area contributed by atoms with Gasteiger partial charge < -0.3 is 14.4 Å². The zero-order valence-corrected chi connectivity index (χ0v) is 15.2. The molecule has 0 saturated carbocycles. The van der Waals surface area contributed by atoms with Gasteiger partial charge in [0.15, 0.2) is 6.61 Å². The number of aryl methyl sites for hydroxylation is 2. The SMILES string of the molecule is Cc1c(Cc2ccc(Cl)cc2)c(=O)n(C)c2cccc(OCC(=O)O)c12. The van der Waals surface area contributed by atoms with E-state index in [2.05, 4.69) is 0 Å². The third kappa shape index (κ3) is 3.44. The number of halogens is 1. The third-order valence-electron chi connectivity index (χ3n) is 4.40. The van der Waals surface area contributed by atoms with E-state index in [1.165, 1.54) is 0 Å². The van der Waals surface area contributed by atoms with Crippen molar-refractivity contribution in [2.45, 2.75) is 13.3 Å². The molecule has 0 aliphatic carbocycles. The maximum atomic E-state index is 12.9. The lowest BCUT2D eigenvalue weighted by Crippen LogP contribution is -2.23. The highest BCUT2D eigenvalue weighted by Crippen LogP contribution is 2.30. The van der Waals surface area contributed by atoms with Crippen LogP contribution in [0.2, 0.25) is 5.02 Å². The second-order valence-corrected chi connectivity index (χ2v) is 6.54. The molecule has 0 aliphatic heterocycles. The molecule has 1 N–H and O–H groups in total. The van der Waals surface area contributed by atoms with Gasteiger partial charge in [-0.25, -0.2) is 4.79 Å². The van der Waals surface area contributed by atoms with E-state index in [1.807, 2.05) is 25.1 Å². The molecule has 5 nitrogen and oxygen atoms in total. The number of fused-ring (bicyclic) bond motifs is 1. The highest BCUT2D eigenvalue weighted by molar-refractivity contribution is 6.30. The molecule has 0 amide bonds. The fourth-order valence-electron chi connectivity index (χ4n) is 3.07. The summed E-state index contributed by atoms with van der Waals surface area (Å²) in [7, 11) is 1.70. The molecule has 0 unspecified atom stereocenters. The van der Waals surface area contributed by atoms with E-state index >= 15 is 0 Å². The molecule has 3 aromatic rings. The molecule has 0 aliphatic rings. The molecule has 0 atom stereocenters. The van der Waals surface area contributed by atoms with Crippen LogP contribution in [0.25, 0.3) is 10.9 Å². The van der Waals surface area contributed by atoms with Crippen molar-refractivity contribution in [2.75, 3.05) is 6.61 Å². The van der Waals surface area contributed by atoms with Crippen molar-refractivity contribution in [1.82, 2.24) is 4.57 Å². The summed E-state index contributed by atoms with van der Waals surface area (Å²) in [5.74, 6) is -0.596. The Labute approximate surface area is 155 Å². The van der Waals surface area contributed by atoms with Crippen LogP contribution in [0.1, 0.15) is 16.7 Å². The predicted molar refractivity (Wildman–Crippen MR) is 101 cm³/mol. The number of rotatable bonds is 5. The highest BCUT2D eigenvalue weighted by atomic mass is 35.5. The monoisotopic (exact) mass is 371 g/mol. The maximum absolute atomic E-state index is 12.9. The zero-order chi connectivity index (χ0) is 18.8. The molecule has 0 saturated heterocycles. The molecule has 1 aromatic heterocycles. The van der Waals surface area contributed by atoms with Crippen molar-refractivity contribution in [3.05, 3.63) is 74.5 Å². The summed E-state index contributed by atoms with van der Waals surface area (Å²) < 4.78 is 7.02. The molecule has 0 spiro atoms. The number of hydrogen-bond acceptors (Lipinski definition) is 3. The number of ether oxygens (including phenoxy) is 1. The molecule has 0 bridgehead atoms. The number of aliphatic carboxylic acids is 1. The summed E-state index contributed by atoms with van der Waals surface area (Å²) in [5.41, 5.74) is 3.03. The van der Waals surface area contributed by atoms with E-state index < -0.39 is 12.6 Å². The fraction of sp³-hybridized carbons (Fsp3) is 0.200. The Balaban J connectivity index is 2.17. The summed E-state index contributed by atoms with van der Waals surface area (Å²) in [6, 6.07) is 12.6. The molecular formula is C20H18ClNO4. The van der Waals surface area contributed by atoms with Gasteiger partial charge in [0.05, 0.1) is 5.52 Å². The average molecular weight is 372 g/mol. The Bertz CT molecular complexity index is 1040. The summed E-state index contributed by atoms with van der Waals surface area (Å²) >= 11 is 5.93. The lowest BCUT2D eigenvalue weighted by Gasteiger charge is -2.16. The van der Waals surface area contributed by atoms with E-state index in [-0.39, 0.29) is 5.56 Å². The number of pyridine rings is 1. The van der Waals surface area contributed by atoms with Gasteiger partial charge >= 0.3 is 5.97 Å². The number of benzene rings is 2. The number of aromatic nitrogens is 1. The molecule has 134 valence electrons. The largest absolute Gasteiger partial charge is 0.481 e. The van der Waals surface area contributed by atoms with Gasteiger partial charge in [-0.1, -0.05) is 29.8 Å². The van der Waals surface area contributed by atoms with Crippen molar-refractivity contribution in [3.8, 4) is 5.75 Å². The Morgan fingerprint density at radius 2 is 1.88 bits per heavy atom. The molecule has 3 rings (SSSR count). The van der Waals surface area contributed by atoms with Crippen LogP contribution in [-0.2, 0) is 18.3 Å². The van der Waals surface area contributed by atoms with Gasteiger partial charge in [-0.3, -0.25) is 4.79 Å². The maximum Gasteiger partial charge on any atom is 0.341 e. The minimum atomic E-state index is -1.05. The molecular weight excluding hydrogens is 354 g/mol. The molecule has 1 heterocycles. The second-order valence-electron chi connectivity index (χ2n) is 6.10. The van der Waals surface area contributed by atoms with E-state index in [1.54, 1.807) is 35.9 Å². The fourth-order valence-corrected chi connectivity index (χ4v) is 3.20. The minimum absolute atomic E-state index is 0.0830. The topological polar surface area (TPSA) is 68.5 Å². The number of carbonyl (C=O) groups is 1. The van der Waals surface area contributed by atoms with Crippen LogP contribution >= 0.6 is 11.6 Å². The highest BCUT2D eigenvalue weighted by Gasteiger charge is 2.16. The van der Waals surface area contributed by atoms with Gasteiger partial charge in [-0.2, -0.15) is 0 Å². The van der Waals surface area contributed by atoms with Crippen molar-refractivity contribution in [1.29, 1.82) is 0 Å². The Hall–Kier alpha value is -2.79. The van der Waals surface area contributed by atoms with Crippen LogP contribution in [0.3, 0.4) is 0 Å². The van der Waals surface area contributed by atoms with Crippen LogP contribution in [0.15, 0.2) is 47.3 Å². The predicted octanol–water partition coefficient (Wildman–Crippen LogP) is 3.55. The third-order valence-corrected chi connectivity index (χ3v) is 4.65. The lowest BCUT2D eigenvalue weighted by atomic mass is 9.98. The molecule has 2 aromatic carbocycles. The quantitative estimate of drug-likeness (QED) is 0.744. The first kappa shape index (κ1) is 18.0. The van der Waals surface area contributed by atoms with E-state index in [0.29, 0.717) is 28.3 Å². The van der Waals surface area contributed by atoms with E-state index in [4.69, 9.17) is 21.4 Å². The first-order chi connectivity index (χ1) is 12.4. The number of hydrogen-bond donors (Lipinski definition) is 1. The van der Waals surface area contributed by atoms with Crippen LogP contribution < -0.4 is 10.3 Å². The summed E-state index contributed by atoms with van der Waals surface area (Å²) in [6.07, 6.45) is 0.457. The van der Waals surface area contributed by atoms with Gasteiger partial charge in [-0.05, 0) is 42.3 Å². The van der Waals surface area contributed by atoms with Crippen LogP contribution in [0.5, 0.6) is 5.75 Å². The van der Waals surface area contributed by atoms with E-state index in [0.717, 1.165) is 16.5 Å². The Morgan fingerprint density at radius 1 is 1.19 bits per heavy atom. The van der Waals surface area contributed by atoms with Gasteiger partial charge in [0, 0.05) is 29.4 Å². The number of carboxylic acids is 1. The van der Waals surface area contributed by atoms with Crippen LogP contribution in [0, 0.1) is 6.92 Å². The molecule has 6 heteroatoms. The van der Waals surface area contributed by atoms with Crippen LogP contribution in [0.4, 0.5) is 0 Å².